The molecule has 18 heavy (non-hydrogen) atoms. The van der Waals surface area contributed by atoms with Gasteiger partial charge in [0.1, 0.15) is 5.82 Å². The zero-order valence-corrected chi connectivity index (χ0v) is 10.5. The van der Waals surface area contributed by atoms with Crippen LogP contribution in [0.1, 0.15) is 6.92 Å². The normalized spacial score (nSPS) is 12.3. The van der Waals surface area contributed by atoms with Crippen molar-refractivity contribution in [2.24, 2.45) is 5.92 Å². The van der Waals surface area contributed by atoms with Crippen LogP contribution in [0.3, 0.4) is 0 Å². The molecule has 2 aromatic rings. The lowest BCUT2D eigenvalue weighted by molar-refractivity contribution is -0.140. The van der Waals surface area contributed by atoms with E-state index in [2.05, 4.69) is 4.98 Å². The van der Waals surface area contributed by atoms with Crippen molar-refractivity contribution < 1.29 is 9.90 Å². The number of carbonyl (C=O) groups is 1. The van der Waals surface area contributed by atoms with Gasteiger partial charge in [-0.15, -0.1) is 0 Å². The molecule has 0 aliphatic carbocycles. The highest BCUT2D eigenvalue weighted by Gasteiger charge is 2.15. The van der Waals surface area contributed by atoms with Gasteiger partial charge in [0.25, 0.3) is 0 Å². The lowest BCUT2D eigenvalue weighted by Crippen LogP contribution is -2.29. The van der Waals surface area contributed by atoms with Gasteiger partial charge in [-0.1, -0.05) is 31.2 Å². The summed E-state index contributed by atoms with van der Waals surface area (Å²) in [5.41, 5.74) is 0. The van der Waals surface area contributed by atoms with E-state index in [1.807, 2.05) is 42.3 Å². The number of fused-ring (bicyclic) bond motifs is 1. The van der Waals surface area contributed by atoms with Crippen LogP contribution in [0.2, 0.25) is 0 Å². The molecule has 4 heteroatoms. The standard InChI is InChI=1S/C14H16N2O2/c1-10(14(17)18)9-16(2)13-12-6-4-3-5-11(12)7-8-15-13/h3-8,10H,9H2,1-2H3,(H,17,18). The van der Waals surface area contributed by atoms with E-state index >= 15 is 0 Å². The van der Waals surface area contributed by atoms with Gasteiger partial charge in [-0.05, 0) is 11.5 Å². The second-order valence-corrected chi connectivity index (χ2v) is 4.48. The second-order valence-electron chi connectivity index (χ2n) is 4.48. The molecule has 0 spiro atoms. The molecular formula is C14H16N2O2. The zero-order chi connectivity index (χ0) is 13.1. The summed E-state index contributed by atoms with van der Waals surface area (Å²) in [4.78, 5) is 17.1. The van der Waals surface area contributed by atoms with Gasteiger partial charge in [-0.25, -0.2) is 4.98 Å². The molecule has 1 aromatic carbocycles. The Bertz CT molecular complexity index is 563. The Kier molecular flexibility index (Phi) is 3.46. The molecule has 0 radical (unpaired) electrons. The van der Waals surface area contributed by atoms with Gasteiger partial charge >= 0.3 is 5.97 Å². The highest BCUT2D eigenvalue weighted by molar-refractivity contribution is 5.92. The van der Waals surface area contributed by atoms with Crippen molar-refractivity contribution in [2.75, 3.05) is 18.5 Å². The first-order valence-electron chi connectivity index (χ1n) is 5.87. The third-order valence-corrected chi connectivity index (χ3v) is 2.98. The molecule has 1 atom stereocenters. The number of aliphatic carboxylic acids is 1. The van der Waals surface area contributed by atoms with Crippen LogP contribution in [0.15, 0.2) is 36.5 Å². The fourth-order valence-electron chi connectivity index (χ4n) is 1.98. The van der Waals surface area contributed by atoms with Gasteiger partial charge in [0, 0.05) is 25.2 Å². The van der Waals surface area contributed by atoms with E-state index in [9.17, 15) is 4.79 Å². The number of pyridine rings is 1. The monoisotopic (exact) mass is 244 g/mol. The largest absolute Gasteiger partial charge is 0.481 e. The number of nitrogens with zero attached hydrogens (tertiary/aromatic N) is 2. The Morgan fingerprint density at radius 2 is 2.11 bits per heavy atom. The third kappa shape index (κ3) is 2.42. The number of hydrogen-bond donors (Lipinski definition) is 1. The molecule has 1 N–H and O–H groups in total. The van der Waals surface area contributed by atoms with E-state index in [0.29, 0.717) is 6.54 Å². The van der Waals surface area contributed by atoms with Crippen LogP contribution < -0.4 is 4.90 Å². The van der Waals surface area contributed by atoms with Crippen LogP contribution in [0.25, 0.3) is 10.8 Å². The predicted octanol–water partition coefficient (Wildman–Crippen LogP) is 2.39. The van der Waals surface area contributed by atoms with Crippen molar-refractivity contribution in [3.05, 3.63) is 36.5 Å². The number of carboxylic acids is 1. The van der Waals surface area contributed by atoms with Crippen LogP contribution in [-0.2, 0) is 4.79 Å². The smallest absolute Gasteiger partial charge is 0.308 e. The van der Waals surface area contributed by atoms with Gasteiger partial charge in [0.05, 0.1) is 5.92 Å². The SMILES string of the molecule is CC(CN(C)c1nccc2ccccc12)C(=O)O. The molecule has 1 heterocycles. The van der Waals surface area contributed by atoms with Gasteiger partial charge in [0.2, 0.25) is 0 Å². The number of rotatable bonds is 4. The summed E-state index contributed by atoms with van der Waals surface area (Å²) in [6, 6.07) is 9.91. The van der Waals surface area contributed by atoms with Gasteiger partial charge in [0.15, 0.2) is 0 Å². The first kappa shape index (κ1) is 12.4. The zero-order valence-electron chi connectivity index (χ0n) is 10.5. The molecule has 0 saturated heterocycles. The summed E-state index contributed by atoms with van der Waals surface area (Å²) in [6.07, 6.45) is 1.75. The number of aromatic nitrogens is 1. The van der Waals surface area contributed by atoms with E-state index in [0.717, 1.165) is 16.6 Å². The summed E-state index contributed by atoms with van der Waals surface area (Å²) in [5.74, 6) is -0.390. The lowest BCUT2D eigenvalue weighted by atomic mass is 10.1. The third-order valence-electron chi connectivity index (χ3n) is 2.98. The summed E-state index contributed by atoms with van der Waals surface area (Å²) in [5, 5.41) is 11.1. The van der Waals surface area contributed by atoms with Crippen LogP contribution in [0, 0.1) is 5.92 Å². The van der Waals surface area contributed by atoms with Crippen LogP contribution in [0.5, 0.6) is 0 Å². The minimum Gasteiger partial charge on any atom is -0.481 e. The number of anilines is 1. The quantitative estimate of drug-likeness (QED) is 0.897. The van der Waals surface area contributed by atoms with Crippen molar-refractivity contribution >= 4 is 22.6 Å². The van der Waals surface area contributed by atoms with Crippen molar-refractivity contribution in [1.82, 2.24) is 4.98 Å². The topological polar surface area (TPSA) is 53.4 Å². The van der Waals surface area contributed by atoms with E-state index in [4.69, 9.17) is 5.11 Å². The average Bonchev–Trinajstić information content (AvgIpc) is 2.37. The minimum absolute atomic E-state index is 0.421. The number of hydrogen-bond acceptors (Lipinski definition) is 3. The molecule has 0 saturated carbocycles. The molecule has 94 valence electrons. The van der Waals surface area contributed by atoms with E-state index in [-0.39, 0.29) is 0 Å². The van der Waals surface area contributed by atoms with Gasteiger partial charge in [-0.2, -0.15) is 0 Å². The molecule has 1 aromatic heterocycles. The van der Waals surface area contributed by atoms with Crippen molar-refractivity contribution in [3.8, 4) is 0 Å². The molecule has 0 bridgehead atoms. The van der Waals surface area contributed by atoms with Crippen LogP contribution in [0.4, 0.5) is 5.82 Å². The first-order chi connectivity index (χ1) is 8.59. The molecule has 1 unspecified atom stereocenters. The maximum Gasteiger partial charge on any atom is 0.308 e. The Balaban J connectivity index is 2.33. The maximum atomic E-state index is 10.9. The number of benzene rings is 1. The average molecular weight is 244 g/mol. The second kappa shape index (κ2) is 5.04. The lowest BCUT2D eigenvalue weighted by Gasteiger charge is -2.21. The molecule has 2 rings (SSSR count). The predicted molar refractivity (Wildman–Crippen MR) is 71.8 cm³/mol. The van der Waals surface area contributed by atoms with E-state index in [1.54, 1.807) is 13.1 Å². The Hall–Kier alpha value is -2.10. The van der Waals surface area contributed by atoms with E-state index < -0.39 is 11.9 Å². The summed E-state index contributed by atoms with van der Waals surface area (Å²) >= 11 is 0. The molecule has 4 nitrogen and oxygen atoms in total. The fourth-order valence-corrected chi connectivity index (χ4v) is 1.98. The molecular weight excluding hydrogens is 228 g/mol. The molecule has 0 fully saturated rings. The van der Waals surface area contributed by atoms with E-state index in [1.165, 1.54) is 0 Å². The van der Waals surface area contributed by atoms with Crippen LogP contribution in [-0.4, -0.2) is 29.7 Å². The maximum absolute atomic E-state index is 10.9. The number of carboxylic acid groups (broad SMARTS) is 1. The Labute approximate surface area is 106 Å². The fraction of sp³-hybridized carbons (Fsp3) is 0.286. The first-order valence-corrected chi connectivity index (χ1v) is 5.87. The minimum atomic E-state index is -0.790. The van der Waals surface area contributed by atoms with Crippen molar-refractivity contribution in [2.45, 2.75) is 6.92 Å². The Morgan fingerprint density at radius 1 is 1.39 bits per heavy atom. The summed E-state index contributed by atoms with van der Waals surface area (Å²) in [6.45, 7) is 2.14. The Morgan fingerprint density at radius 3 is 2.83 bits per heavy atom. The van der Waals surface area contributed by atoms with Crippen molar-refractivity contribution in [3.63, 3.8) is 0 Å². The van der Waals surface area contributed by atoms with Gasteiger partial charge in [-0.3, -0.25) is 4.79 Å². The van der Waals surface area contributed by atoms with Crippen LogP contribution >= 0.6 is 0 Å². The molecule has 0 aliphatic rings. The highest BCUT2D eigenvalue weighted by atomic mass is 16.4. The summed E-state index contributed by atoms with van der Waals surface area (Å²) in [7, 11) is 1.87. The molecule has 0 amide bonds. The summed E-state index contributed by atoms with van der Waals surface area (Å²) < 4.78 is 0. The molecule has 0 aliphatic heterocycles. The van der Waals surface area contributed by atoms with Gasteiger partial charge < -0.3 is 10.0 Å². The highest BCUT2D eigenvalue weighted by Crippen LogP contribution is 2.23. The van der Waals surface area contributed by atoms with Crippen molar-refractivity contribution in [1.29, 1.82) is 0 Å².